The average molecular weight is 536 g/mol. The second-order valence-corrected chi connectivity index (χ2v) is 9.26. The average Bonchev–Trinajstić information content (AvgIpc) is 2.85. The Morgan fingerprint density at radius 2 is 0.919 bits per heavy atom. The van der Waals surface area contributed by atoms with Crippen molar-refractivity contribution in [3.05, 3.63) is 0 Å². The predicted octanol–water partition coefficient (Wildman–Crippen LogP) is 5.79. The smallest absolute Gasteiger partial charge is 0.320 e. The maximum atomic E-state index is 10.3. The Morgan fingerprint density at radius 1 is 0.622 bits per heavy atom. The van der Waals surface area contributed by atoms with Crippen LogP contribution in [0.1, 0.15) is 136 Å². The molecule has 0 fully saturated rings. The van der Waals surface area contributed by atoms with Gasteiger partial charge in [-0.05, 0) is 39.9 Å². The molecule has 0 aromatic heterocycles. The molecule has 0 aromatic carbocycles. The zero-order valence-electron chi connectivity index (χ0n) is 24.4. The van der Waals surface area contributed by atoms with E-state index in [9.17, 15) is 14.4 Å². The number of nitrogens with two attached hydrogens (primary N) is 2. The molecule has 9 nitrogen and oxygen atoms in total. The van der Waals surface area contributed by atoms with Crippen molar-refractivity contribution in [1.29, 1.82) is 0 Å². The van der Waals surface area contributed by atoms with Gasteiger partial charge in [0.1, 0.15) is 6.04 Å². The molecule has 9 heteroatoms. The SMILES string of the molecule is CCCCCCCCCCCCCCCCCC(=O)O.CCCN.CNC.N[C@@H](CCC(=O)O)C(=O)O. The Balaban J connectivity index is -0.000000264. The van der Waals surface area contributed by atoms with Crippen molar-refractivity contribution in [2.75, 3.05) is 20.6 Å². The van der Waals surface area contributed by atoms with Crippen molar-refractivity contribution < 1.29 is 29.7 Å². The molecule has 8 N–H and O–H groups in total. The summed E-state index contributed by atoms with van der Waals surface area (Å²) in [5.74, 6) is -2.85. The third kappa shape index (κ3) is 55.9. The summed E-state index contributed by atoms with van der Waals surface area (Å²) >= 11 is 0. The van der Waals surface area contributed by atoms with Crippen LogP contribution < -0.4 is 16.8 Å². The molecule has 0 heterocycles. The molecular weight excluding hydrogens is 474 g/mol. The first-order valence-electron chi connectivity index (χ1n) is 14.3. The fraction of sp³-hybridized carbons (Fsp3) is 0.893. The molecule has 224 valence electrons. The summed E-state index contributed by atoms with van der Waals surface area (Å²) in [7, 11) is 3.75. The lowest BCUT2D eigenvalue weighted by Gasteiger charge is -2.03. The van der Waals surface area contributed by atoms with Gasteiger partial charge in [-0.2, -0.15) is 0 Å². The van der Waals surface area contributed by atoms with Gasteiger partial charge in [-0.15, -0.1) is 0 Å². The highest BCUT2D eigenvalue weighted by Crippen LogP contribution is 2.13. The van der Waals surface area contributed by atoms with E-state index in [0.29, 0.717) is 6.42 Å². The second-order valence-electron chi connectivity index (χ2n) is 9.26. The minimum atomic E-state index is -1.17. The van der Waals surface area contributed by atoms with Crippen molar-refractivity contribution in [1.82, 2.24) is 5.32 Å². The summed E-state index contributed by atoms with van der Waals surface area (Å²) in [6.07, 6.45) is 21.1. The Labute approximate surface area is 227 Å². The number of aliphatic carboxylic acids is 3. The number of carboxylic acids is 3. The Kier molecular flexibility index (Phi) is 44.5. The fourth-order valence-corrected chi connectivity index (χ4v) is 3.05. The van der Waals surface area contributed by atoms with Gasteiger partial charge in [-0.3, -0.25) is 14.4 Å². The van der Waals surface area contributed by atoms with E-state index in [1.807, 2.05) is 14.1 Å². The number of hydrogen-bond donors (Lipinski definition) is 6. The van der Waals surface area contributed by atoms with Crippen LogP contribution in [0.15, 0.2) is 0 Å². The highest BCUT2D eigenvalue weighted by atomic mass is 16.4. The van der Waals surface area contributed by atoms with Gasteiger partial charge in [0.2, 0.25) is 0 Å². The van der Waals surface area contributed by atoms with Crippen LogP contribution in [-0.4, -0.2) is 59.9 Å². The molecule has 0 rings (SSSR count). The molecular formula is C28H61N3O6. The van der Waals surface area contributed by atoms with Crippen molar-refractivity contribution in [2.45, 2.75) is 142 Å². The molecule has 1 atom stereocenters. The van der Waals surface area contributed by atoms with E-state index >= 15 is 0 Å². The van der Waals surface area contributed by atoms with Crippen molar-refractivity contribution in [3.8, 4) is 0 Å². The topological polar surface area (TPSA) is 176 Å². The lowest BCUT2D eigenvalue weighted by molar-refractivity contribution is -0.140. The highest BCUT2D eigenvalue weighted by molar-refractivity contribution is 5.74. The van der Waals surface area contributed by atoms with Crippen molar-refractivity contribution >= 4 is 17.9 Å². The Hall–Kier alpha value is -1.71. The summed E-state index contributed by atoms with van der Waals surface area (Å²) in [4.78, 5) is 30.2. The van der Waals surface area contributed by atoms with Gasteiger partial charge in [0.15, 0.2) is 0 Å². The van der Waals surface area contributed by atoms with Crippen LogP contribution in [-0.2, 0) is 14.4 Å². The lowest BCUT2D eigenvalue weighted by atomic mass is 10.0. The maximum absolute atomic E-state index is 10.3. The van der Waals surface area contributed by atoms with E-state index in [1.54, 1.807) is 0 Å². The molecule has 0 bridgehead atoms. The van der Waals surface area contributed by atoms with Gasteiger partial charge in [0.25, 0.3) is 0 Å². The van der Waals surface area contributed by atoms with Crippen molar-refractivity contribution in [3.63, 3.8) is 0 Å². The molecule has 0 unspecified atom stereocenters. The molecule has 0 aromatic rings. The van der Waals surface area contributed by atoms with Gasteiger partial charge in [0, 0.05) is 12.8 Å². The molecule has 0 aliphatic rings. The largest absolute Gasteiger partial charge is 0.481 e. The first-order valence-corrected chi connectivity index (χ1v) is 14.3. The predicted molar refractivity (Wildman–Crippen MR) is 154 cm³/mol. The van der Waals surface area contributed by atoms with Gasteiger partial charge in [0.05, 0.1) is 0 Å². The minimum absolute atomic E-state index is 0.0231. The summed E-state index contributed by atoms with van der Waals surface area (Å²) in [6.45, 7) is 5.15. The first-order chi connectivity index (χ1) is 17.6. The van der Waals surface area contributed by atoms with Crippen LogP contribution in [0.25, 0.3) is 0 Å². The van der Waals surface area contributed by atoms with E-state index in [1.165, 1.54) is 83.5 Å². The zero-order valence-corrected chi connectivity index (χ0v) is 24.4. The first kappa shape index (κ1) is 42.4. The summed E-state index contributed by atoms with van der Waals surface area (Å²) in [6, 6.07) is -1.06. The molecule has 0 amide bonds. The molecule has 37 heavy (non-hydrogen) atoms. The molecule has 0 radical (unpaired) electrons. The van der Waals surface area contributed by atoms with Gasteiger partial charge in [-0.1, -0.05) is 104 Å². The minimum Gasteiger partial charge on any atom is -0.481 e. The zero-order chi connectivity index (χ0) is 29.2. The maximum Gasteiger partial charge on any atom is 0.320 e. The molecule has 0 spiro atoms. The van der Waals surface area contributed by atoms with Crippen molar-refractivity contribution in [2.24, 2.45) is 11.5 Å². The molecule has 0 aliphatic carbocycles. The summed E-state index contributed by atoms with van der Waals surface area (Å²) in [5, 5.41) is 27.5. The quantitative estimate of drug-likeness (QED) is 0.0993. The fourth-order valence-electron chi connectivity index (χ4n) is 3.05. The van der Waals surface area contributed by atoms with Gasteiger partial charge in [-0.25, -0.2) is 0 Å². The van der Waals surface area contributed by atoms with E-state index in [-0.39, 0.29) is 12.8 Å². The summed E-state index contributed by atoms with van der Waals surface area (Å²) < 4.78 is 0. The van der Waals surface area contributed by atoms with Crippen LogP contribution >= 0.6 is 0 Å². The van der Waals surface area contributed by atoms with E-state index in [4.69, 9.17) is 26.8 Å². The number of rotatable bonds is 21. The van der Waals surface area contributed by atoms with E-state index in [0.717, 1.165) is 25.8 Å². The number of carboxylic acid groups (broad SMARTS) is 3. The molecule has 0 saturated heterocycles. The van der Waals surface area contributed by atoms with Gasteiger partial charge >= 0.3 is 17.9 Å². The number of nitrogens with one attached hydrogen (secondary N) is 1. The van der Waals surface area contributed by atoms with Crippen LogP contribution in [0.3, 0.4) is 0 Å². The molecule has 0 aliphatic heterocycles. The van der Waals surface area contributed by atoms with Gasteiger partial charge < -0.3 is 32.1 Å². The molecule has 0 saturated carbocycles. The Morgan fingerprint density at radius 3 is 1.16 bits per heavy atom. The van der Waals surface area contributed by atoms with E-state index < -0.39 is 23.9 Å². The van der Waals surface area contributed by atoms with Crippen LogP contribution in [0.2, 0.25) is 0 Å². The van der Waals surface area contributed by atoms with E-state index in [2.05, 4.69) is 19.2 Å². The van der Waals surface area contributed by atoms with Crippen LogP contribution in [0.5, 0.6) is 0 Å². The normalized spacial score (nSPS) is 10.5. The second kappa shape index (κ2) is 38.8. The number of unbranched alkanes of at least 4 members (excludes halogenated alkanes) is 14. The monoisotopic (exact) mass is 535 g/mol. The third-order valence-corrected chi connectivity index (χ3v) is 5.27. The third-order valence-electron chi connectivity index (χ3n) is 5.27. The Bertz CT molecular complexity index is 477. The number of carbonyl (C=O) groups is 3. The van der Waals surface area contributed by atoms with Crippen LogP contribution in [0.4, 0.5) is 0 Å². The summed E-state index contributed by atoms with van der Waals surface area (Å²) in [5.41, 5.74) is 10.0. The lowest BCUT2D eigenvalue weighted by Crippen LogP contribution is -2.30. The van der Waals surface area contributed by atoms with Crippen LogP contribution in [0, 0.1) is 0 Å². The standard InChI is InChI=1S/C18H36O2.C5H9NO4.C3H9N.C2H7N/c1-2-3-4-5-6-7-8-9-10-11-12-13-14-15-16-17-18(19)20;6-3(5(9)10)1-2-4(7)8;1-2-3-4;1-3-2/h2-17H2,1H3,(H,19,20);3H,1-2,6H2,(H,7,8)(H,9,10);2-4H2,1H3;3H,1-2H3/t;3-;;/m.0../s1. The number of hydrogen-bond acceptors (Lipinski definition) is 6. The highest BCUT2D eigenvalue weighted by Gasteiger charge is 2.12.